The lowest BCUT2D eigenvalue weighted by Gasteiger charge is -2.31. The monoisotopic (exact) mass is 415 g/mol. The molecule has 144 valence electrons. The van der Waals surface area contributed by atoms with Crippen LogP contribution >= 0.6 is 23.2 Å². The SMILES string of the molecule is O=c1cc(C2CCN(Cc3ccc(Cl)c(Cl)c3)CC2)nc(-c2cnccn2)[nH]1. The van der Waals surface area contributed by atoms with Gasteiger partial charge in [0.1, 0.15) is 5.69 Å². The second kappa shape index (κ2) is 8.39. The van der Waals surface area contributed by atoms with E-state index in [1.54, 1.807) is 24.7 Å². The maximum atomic E-state index is 12.1. The molecule has 0 atom stereocenters. The number of benzene rings is 1. The molecular formula is C20H19Cl2N5O. The van der Waals surface area contributed by atoms with Gasteiger partial charge in [0.15, 0.2) is 5.82 Å². The van der Waals surface area contributed by atoms with E-state index in [9.17, 15) is 4.79 Å². The molecule has 0 aliphatic carbocycles. The van der Waals surface area contributed by atoms with Gasteiger partial charge < -0.3 is 4.98 Å². The van der Waals surface area contributed by atoms with Gasteiger partial charge in [-0.25, -0.2) is 9.97 Å². The van der Waals surface area contributed by atoms with Gasteiger partial charge in [0, 0.05) is 30.9 Å². The Morgan fingerprint density at radius 2 is 1.93 bits per heavy atom. The van der Waals surface area contributed by atoms with Gasteiger partial charge in [-0.2, -0.15) is 0 Å². The maximum absolute atomic E-state index is 12.1. The fourth-order valence-electron chi connectivity index (χ4n) is 3.51. The molecule has 2 aromatic heterocycles. The molecule has 1 aromatic carbocycles. The Balaban J connectivity index is 1.44. The smallest absolute Gasteiger partial charge is 0.251 e. The first-order valence-corrected chi connectivity index (χ1v) is 9.88. The number of aromatic nitrogens is 4. The van der Waals surface area contributed by atoms with Crippen LogP contribution in [0.5, 0.6) is 0 Å². The van der Waals surface area contributed by atoms with Crippen LogP contribution in [0.3, 0.4) is 0 Å². The average molecular weight is 416 g/mol. The van der Waals surface area contributed by atoms with Crippen molar-refractivity contribution in [1.82, 2.24) is 24.8 Å². The van der Waals surface area contributed by atoms with E-state index in [1.807, 2.05) is 18.2 Å². The summed E-state index contributed by atoms with van der Waals surface area (Å²) >= 11 is 12.1. The van der Waals surface area contributed by atoms with Crippen LogP contribution in [0.4, 0.5) is 0 Å². The Morgan fingerprint density at radius 3 is 2.64 bits per heavy atom. The molecule has 1 aliphatic rings. The zero-order valence-corrected chi connectivity index (χ0v) is 16.6. The third-order valence-electron chi connectivity index (χ3n) is 4.96. The lowest BCUT2D eigenvalue weighted by molar-refractivity contribution is 0.203. The molecular weight excluding hydrogens is 397 g/mol. The van der Waals surface area contributed by atoms with E-state index in [2.05, 4.69) is 24.8 Å². The van der Waals surface area contributed by atoms with E-state index in [0.717, 1.165) is 43.7 Å². The van der Waals surface area contributed by atoms with Crippen LogP contribution in [-0.4, -0.2) is 37.9 Å². The molecule has 1 fully saturated rings. The highest BCUT2D eigenvalue weighted by Gasteiger charge is 2.23. The van der Waals surface area contributed by atoms with E-state index >= 15 is 0 Å². The predicted molar refractivity (Wildman–Crippen MR) is 110 cm³/mol. The Morgan fingerprint density at radius 1 is 1.11 bits per heavy atom. The van der Waals surface area contributed by atoms with Gasteiger partial charge in [-0.15, -0.1) is 0 Å². The molecule has 1 N–H and O–H groups in total. The van der Waals surface area contributed by atoms with Gasteiger partial charge in [0.25, 0.3) is 5.56 Å². The highest BCUT2D eigenvalue weighted by atomic mass is 35.5. The van der Waals surface area contributed by atoms with Crippen LogP contribution in [0.15, 0.2) is 47.7 Å². The van der Waals surface area contributed by atoms with Crippen molar-refractivity contribution in [1.29, 1.82) is 0 Å². The number of H-pyrrole nitrogens is 1. The van der Waals surface area contributed by atoms with E-state index in [0.29, 0.717) is 21.6 Å². The molecule has 28 heavy (non-hydrogen) atoms. The molecule has 6 nitrogen and oxygen atoms in total. The highest BCUT2D eigenvalue weighted by Crippen LogP contribution is 2.29. The molecule has 0 amide bonds. The standard InChI is InChI=1S/C20H19Cl2N5O/c21-15-2-1-13(9-16(15)22)12-27-7-3-14(4-8-27)17-10-19(28)26-20(25-17)18-11-23-5-6-24-18/h1-2,5-6,9-11,14H,3-4,7-8,12H2,(H,25,26,28). The number of hydrogen-bond acceptors (Lipinski definition) is 5. The van der Waals surface area contributed by atoms with Gasteiger partial charge in [-0.3, -0.25) is 14.7 Å². The Hall–Kier alpha value is -2.28. The fourth-order valence-corrected chi connectivity index (χ4v) is 3.83. The molecule has 0 unspecified atom stereocenters. The largest absolute Gasteiger partial charge is 0.305 e. The number of nitrogens with one attached hydrogen (secondary N) is 1. The van der Waals surface area contributed by atoms with Crippen molar-refractivity contribution < 1.29 is 0 Å². The minimum absolute atomic E-state index is 0.163. The first-order valence-electron chi connectivity index (χ1n) is 9.12. The van der Waals surface area contributed by atoms with Crippen LogP contribution < -0.4 is 5.56 Å². The van der Waals surface area contributed by atoms with Crippen LogP contribution in [0, 0.1) is 0 Å². The first-order chi connectivity index (χ1) is 13.6. The number of aromatic amines is 1. The van der Waals surface area contributed by atoms with Crippen molar-refractivity contribution in [2.45, 2.75) is 25.3 Å². The van der Waals surface area contributed by atoms with Crippen LogP contribution in [0.25, 0.3) is 11.5 Å². The van der Waals surface area contributed by atoms with Gasteiger partial charge in [0.05, 0.1) is 21.9 Å². The molecule has 3 aromatic rings. The van der Waals surface area contributed by atoms with Gasteiger partial charge >= 0.3 is 0 Å². The van der Waals surface area contributed by atoms with Crippen molar-refractivity contribution in [2.75, 3.05) is 13.1 Å². The maximum Gasteiger partial charge on any atom is 0.251 e. The summed E-state index contributed by atoms with van der Waals surface area (Å²) in [5.41, 5.74) is 2.37. The molecule has 0 radical (unpaired) electrons. The van der Waals surface area contributed by atoms with E-state index < -0.39 is 0 Å². The number of halogens is 2. The topological polar surface area (TPSA) is 74.8 Å². The molecule has 0 spiro atoms. The Labute approximate surface area is 172 Å². The lowest BCUT2D eigenvalue weighted by Crippen LogP contribution is -2.33. The van der Waals surface area contributed by atoms with Crippen LogP contribution in [0.1, 0.15) is 30.0 Å². The molecule has 0 saturated carbocycles. The van der Waals surface area contributed by atoms with Crippen molar-refractivity contribution in [3.05, 3.63) is 74.5 Å². The molecule has 3 heterocycles. The highest BCUT2D eigenvalue weighted by molar-refractivity contribution is 6.42. The zero-order chi connectivity index (χ0) is 19.5. The Kier molecular flexibility index (Phi) is 5.71. The average Bonchev–Trinajstić information content (AvgIpc) is 2.71. The molecule has 1 aliphatic heterocycles. The van der Waals surface area contributed by atoms with Crippen molar-refractivity contribution in [3.8, 4) is 11.5 Å². The Bertz CT molecular complexity index is 1020. The van der Waals surface area contributed by atoms with Gasteiger partial charge in [-0.05, 0) is 43.6 Å². The third kappa shape index (κ3) is 4.41. The molecule has 1 saturated heterocycles. The summed E-state index contributed by atoms with van der Waals surface area (Å²) in [5, 5.41) is 1.15. The molecule has 8 heteroatoms. The van der Waals surface area contributed by atoms with Crippen LogP contribution in [-0.2, 0) is 6.54 Å². The number of nitrogens with zero attached hydrogens (tertiary/aromatic N) is 4. The minimum atomic E-state index is -0.163. The number of piperidine rings is 1. The lowest BCUT2D eigenvalue weighted by atomic mass is 9.93. The van der Waals surface area contributed by atoms with Crippen molar-refractivity contribution in [3.63, 3.8) is 0 Å². The second-order valence-corrected chi connectivity index (χ2v) is 7.72. The normalized spacial score (nSPS) is 15.6. The second-order valence-electron chi connectivity index (χ2n) is 6.91. The number of hydrogen-bond donors (Lipinski definition) is 1. The quantitative estimate of drug-likeness (QED) is 0.698. The summed E-state index contributed by atoms with van der Waals surface area (Å²) in [6.45, 7) is 2.69. The zero-order valence-electron chi connectivity index (χ0n) is 15.1. The fraction of sp³-hybridized carbons (Fsp3) is 0.300. The van der Waals surface area contributed by atoms with Crippen LogP contribution in [0.2, 0.25) is 10.0 Å². The van der Waals surface area contributed by atoms with E-state index in [-0.39, 0.29) is 11.5 Å². The summed E-state index contributed by atoms with van der Waals surface area (Å²) in [6.07, 6.45) is 6.66. The number of likely N-dealkylation sites (tertiary alicyclic amines) is 1. The molecule has 0 bridgehead atoms. The van der Waals surface area contributed by atoms with E-state index in [4.69, 9.17) is 23.2 Å². The predicted octanol–water partition coefficient (Wildman–Crippen LogP) is 3.91. The van der Waals surface area contributed by atoms with E-state index in [1.165, 1.54) is 0 Å². The van der Waals surface area contributed by atoms with Gasteiger partial charge in [-0.1, -0.05) is 29.3 Å². The molecule has 4 rings (SSSR count). The van der Waals surface area contributed by atoms with Gasteiger partial charge in [0.2, 0.25) is 0 Å². The minimum Gasteiger partial charge on any atom is -0.305 e. The van der Waals surface area contributed by atoms with Crippen molar-refractivity contribution in [2.24, 2.45) is 0 Å². The first kappa shape index (κ1) is 19.1. The summed E-state index contributed by atoms with van der Waals surface area (Å²) in [4.78, 5) is 30.2. The summed E-state index contributed by atoms with van der Waals surface area (Å²) in [6, 6.07) is 7.35. The third-order valence-corrected chi connectivity index (χ3v) is 5.70. The summed E-state index contributed by atoms with van der Waals surface area (Å²) < 4.78 is 0. The summed E-state index contributed by atoms with van der Waals surface area (Å²) in [7, 11) is 0. The number of rotatable bonds is 4. The van der Waals surface area contributed by atoms with Crippen molar-refractivity contribution >= 4 is 23.2 Å². The summed E-state index contributed by atoms with van der Waals surface area (Å²) in [5.74, 6) is 0.719.